The van der Waals surface area contributed by atoms with Crippen LogP contribution in [0.4, 0.5) is 0 Å². The van der Waals surface area contributed by atoms with E-state index in [-0.39, 0.29) is 42.3 Å². The van der Waals surface area contributed by atoms with Gasteiger partial charge in [-0.2, -0.15) is 5.10 Å². The van der Waals surface area contributed by atoms with Crippen LogP contribution in [0.5, 0.6) is 5.75 Å². The van der Waals surface area contributed by atoms with Gasteiger partial charge in [-0.05, 0) is 37.8 Å². The highest BCUT2D eigenvalue weighted by atomic mass is 16.5. The Morgan fingerprint density at radius 2 is 1.86 bits per heavy atom. The van der Waals surface area contributed by atoms with Crippen molar-refractivity contribution in [2.24, 2.45) is 0 Å². The van der Waals surface area contributed by atoms with E-state index in [1.165, 1.54) is 30.7 Å². The van der Waals surface area contributed by atoms with Gasteiger partial charge in [0.05, 0.1) is 27.3 Å². The zero-order chi connectivity index (χ0) is 25.9. The monoisotopic (exact) mass is 496 g/mol. The highest BCUT2D eigenvalue weighted by Crippen LogP contribution is 2.32. The number of nitrogens with zero attached hydrogens (tertiary/aromatic N) is 3. The largest absolute Gasteiger partial charge is 0.496 e. The lowest BCUT2D eigenvalue weighted by molar-refractivity contribution is -0.134. The van der Waals surface area contributed by atoms with Crippen LogP contribution in [0.2, 0.25) is 0 Å². The number of aromatic nitrogens is 2. The number of amides is 2. The van der Waals surface area contributed by atoms with Crippen molar-refractivity contribution in [3.05, 3.63) is 46.8 Å². The summed E-state index contributed by atoms with van der Waals surface area (Å²) in [6.07, 6.45) is 7.23. The second kappa shape index (κ2) is 10.7. The third-order valence-corrected chi connectivity index (χ3v) is 7.46. The van der Waals surface area contributed by atoms with Crippen LogP contribution < -0.4 is 10.1 Å². The predicted octanol–water partition coefficient (Wildman–Crippen LogP) is 3.49. The van der Waals surface area contributed by atoms with Gasteiger partial charge in [0.15, 0.2) is 5.69 Å². The number of hydrogen-bond acceptors (Lipinski definition) is 6. The molecule has 2 aliphatic rings. The van der Waals surface area contributed by atoms with Crippen LogP contribution in [-0.2, 0) is 29.0 Å². The van der Waals surface area contributed by atoms with E-state index in [1.54, 1.807) is 18.9 Å². The fourth-order valence-electron chi connectivity index (χ4n) is 5.17. The van der Waals surface area contributed by atoms with E-state index >= 15 is 0 Å². The van der Waals surface area contributed by atoms with Crippen LogP contribution in [-0.4, -0.2) is 58.3 Å². The highest BCUT2D eigenvalue weighted by molar-refractivity contribution is 6.01. The molecule has 194 valence electrons. The van der Waals surface area contributed by atoms with E-state index < -0.39 is 11.5 Å². The van der Waals surface area contributed by atoms with Crippen molar-refractivity contribution >= 4 is 17.8 Å². The number of fused-ring (bicyclic) bond motifs is 1. The number of benzene rings is 1. The summed E-state index contributed by atoms with van der Waals surface area (Å²) in [4.78, 5) is 41.4. The molecule has 1 saturated carbocycles. The summed E-state index contributed by atoms with van der Waals surface area (Å²) in [5, 5.41) is 7.53. The van der Waals surface area contributed by atoms with Crippen LogP contribution >= 0.6 is 0 Å². The summed E-state index contributed by atoms with van der Waals surface area (Å²) < 4.78 is 11.9. The van der Waals surface area contributed by atoms with Crippen molar-refractivity contribution in [3.8, 4) is 5.75 Å². The van der Waals surface area contributed by atoms with Gasteiger partial charge in [-0.25, -0.2) is 4.79 Å². The first-order valence-electron chi connectivity index (χ1n) is 12.8. The highest BCUT2D eigenvalue weighted by Gasteiger charge is 2.49. The van der Waals surface area contributed by atoms with Crippen LogP contribution in [0.3, 0.4) is 0 Å². The van der Waals surface area contributed by atoms with Crippen molar-refractivity contribution in [2.45, 2.75) is 83.5 Å². The number of carbonyl (C=O) groups is 3. The third-order valence-electron chi connectivity index (χ3n) is 7.46. The molecular weight excluding hydrogens is 460 g/mol. The summed E-state index contributed by atoms with van der Waals surface area (Å²) in [7, 11) is 2.87. The molecule has 1 aliphatic heterocycles. The van der Waals surface area contributed by atoms with Gasteiger partial charge in [-0.15, -0.1) is 0 Å². The van der Waals surface area contributed by atoms with Crippen molar-refractivity contribution < 1.29 is 23.9 Å². The van der Waals surface area contributed by atoms with Crippen molar-refractivity contribution in [1.82, 2.24) is 20.0 Å². The van der Waals surface area contributed by atoms with E-state index in [0.29, 0.717) is 5.75 Å². The zero-order valence-electron chi connectivity index (χ0n) is 21.6. The number of rotatable bonds is 7. The van der Waals surface area contributed by atoms with E-state index in [0.717, 1.165) is 43.2 Å². The lowest BCUT2D eigenvalue weighted by Gasteiger charge is -2.44. The normalized spacial score (nSPS) is 20.4. The summed E-state index contributed by atoms with van der Waals surface area (Å²) in [6.45, 7) is 4.14. The molecule has 9 heteroatoms. The van der Waals surface area contributed by atoms with Crippen LogP contribution in [0.25, 0.3) is 0 Å². The molecule has 2 amide bonds. The molecule has 0 saturated heterocycles. The molecule has 9 nitrogen and oxygen atoms in total. The summed E-state index contributed by atoms with van der Waals surface area (Å²) in [5.41, 5.74) is 0.996. The maximum Gasteiger partial charge on any atom is 0.358 e. The van der Waals surface area contributed by atoms with Crippen LogP contribution in [0, 0.1) is 0 Å². The Bertz CT molecular complexity index is 1140. The van der Waals surface area contributed by atoms with Gasteiger partial charge in [0.25, 0.3) is 5.91 Å². The van der Waals surface area contributed by atoms with Gasteiger partial charge in [0.1, 0.15) is 17.0 Å². The Kier molecular flexibility index (Phi) is 7.66. The van der Waals surface area contributed by atoms with Crippen molar-refractivity contribution in [2.75, 3.05) is 14.2 Å². The molecule has 0 radical (unpaired) electrons. The number of methoxy groups -OCH3 is 2. The molecule has 1 fully saturated rings. The van der Waals surface area contributed by atoms with E-state index in [2.05, 4.69) is 17.3 Å². The topological polar surface area (TPSA) is 103 Å². The maximum atomic E-state index is 13.8. The molecule has 0 spiro atoms. The average molecular weight is 497 g/mol. The van der Waals surface area contributed by atoms with Gasteiger partial charge in [-0.3, -0.25) is 14.3 Å². The summed E-state index contributed by atoms with van der Waals surface area (Å²) >= 11 is 0. The molecular formula is C27H36N4O5. The third kappa shape index (κ3) is 4.96. The Morgan fingerprint density at radius 3 is 2.50 bits per heavy atom. The predicted molar refractivity (Wildman–Crippen MR) is 134 cm³/mol. The number of aryl methyl sites for hydroxylation is 1. The molecule has 1 aromatic carbocycles. The zero-order valence-corrected chi connectivity index (χ0v) is 21.6. The SMILES string of the molecule is CCc1ccc(CN2C(=O)c3cc(C(=O)OC)nn3CC2(C)C(=O)NC2CCCCCC2)c(OC)c1. The quantitative estimate of drug-likeness (QED) is 0.465. The number of esters is 1. The first-order chi connectivity index (χ1) is 17.3. The second-order valence-corrected chi connectivity index (χ2v) is 9.89. The van der Waals surface area contributed by atoms with Gasteiger partial charge >= 0.3 is 5.97 Å². The first kappa shape index (κ1) is 25.7. The Morgan fingerprint density at radius 1 is 1.14 bits per heavy atom. The van der Waals surface area contributed by atoms with Crippen molar-refractivity contribution in [3.63, 3.8) is 0 Å². The average Bonchev–Trinajstić information content (AvgIpc) is 3.14. The Hall–Kier alpha value is -3.36. The molecule has 1 aliphatic carbocycles. The molecule has 4 rings (SSSR count). The lowest BCUT2D eigenvalue weighted by atomic mass is 9.93. The molecule has 1 atom stereocenters. The molecule has 1 aromatic heterocycles. The van der Waals surface area contributed by atoms with E-state index in [4.69, 9.17) is 9.47 Å². The number of carbonyl (C=O) groups excluding carboxylic acids is 3. The van der Waals surface area contributed by atoms with E-state index in [9.17, 15) is 14.4 Å². The molecule has 1 unspecified atom stereocenters. The molecule has 2 heterocycles. The van der Waals surface area contributed by atoms with Gasteiger partial charge < -0.3 is 19.7 Å². The van der Waals surface area contributed by atoms with Gasteiger partial charge in [0, 0.05) is 17.7 Å². The number of nitrogens with one attached hydrogen (secondary N) is 1. The van der Waals surface area contributed by atoms with Crippen molar-refractivity contribution in [1.29, 1.82) is 0 Å². The number of ether oxygens (including phenoxy) is 2. The van der Waals surface area contributed by atoms with Crippen LogP contribution in [0.15, 0.2) is 24.3 Å². The minimum Gasteiger partial charge on any atom is -0.496 e. The second-order valence-electron chi connectivity index (χ2n) is 9.89. The smallest absolute Gasteiger partial charge is 0.358 e. The lowest BCUT2D eigenvalue weighted by Crippen LogP contribution is -2.64. The number of hydrogen-bond donors (Lipinski definition) is 1. The molecule has 1 N–H and O–H groups in total. The molecule has 0 bridgehead atoms. The Balaban J connectivity index is 1.71. The summed E-state index contributed by atoms with van der Waals surface area (Å²) in [6, 6.07) is 7.43. The van der Waals surface area contributed by atoms with E-state index in [1.807, 2.05) is 18.2 Å². The van der Waals surface area contributed by atoms with Gasteiger partial charge in [0.2, 0.25) is 5.91 Å². The summed E-state index contributed by atoms with van der Waals surface area (Å²) in [5.74, 6) is -0.544. The fraction of sp³-hybridized carbons (Fsp3) is 0.556. The maximum absolute atomic E-state index is 13.8. The molecule has 2 aromatic rings. The van der Waals surface area contributed by atoms with Gasteiger partial charge in [-0.1, -0.05) is 44.7 Å². The standard InChI is InChI=1S/C27H36N4O5/c1-5-18-12-13-19(23(14-18)35-3)16-30-24(32)22-15-21(25(33)36-4)29-31(22)17-27(30,2)26(34)28-20-10-8-6-7-9-11-20/h12-15,20H,5-11,16-17H2,1-4H3,(H,28,34). The fourth-order valence-corrected chi connectivity index (χ4v) is 5.17. The minimum absolute atomic E-state index is 0.0408. The molecule has 36 heavy (non-hydrogen) atoms. The Labute approximate surface area is 212 Å². The first-order valence-corrected chi connectivity index (χ1v) is 12.8. The minimum atomic E-state index is -1.22. The van der Waals surface area contributed by atoms with Crippen LogP contribution in [0.1, 0.15) is 84.5 Å².